The second-order valence-corrected chi connectivity index (χ2v) is 4.42. The van der Waals surface area contributed by atoms with E-state index in [1.165, 1.54) is 0 Å². The van der Waals surface area contributed by atoms with Crippen molar-refractivity contribution < 1.29 is 38.1 Å². The van der Waals surface area contributed by atoms with Crippen molar-refractivity contribution in [3.63, 3.8) is 0 Å². The normalized spacial score (nSPS) is 11.2. The number of hydrogen-bond donors (Lipinski definition) is 4. The van der Waals surface area contributed by atoms with Crippen LogP contribution in [-0.2, 0) is 10.1 Å². The lowest BCUT2D eigenvalue weighted by Crippen LogP contribution is -2.04. The molecule has 104 valence electrons. The molecule has 0 aliphatic rings. The zero-order valence-corrected chi connectivity index (χ0v) is 9.36. The van der Waals surface area contributed by atoms with Gasteiger partial charge in [-0.1, -0.05) is 0 Å². The van der Waals surface area contributed by atoms with Crippen LogP contribution in [0.25, 0.3) is 0 Å². The molecule has 0 aliphatic carbocycles. The Morgan fingerprint density at radius 2 is 1.16 bits per heavy atom. The highest BCUT2D eigenvalue weighted by Gasteiger charge is 2.41. The summed E-state index contributed by atoms with van der Waals surface area (Å²) < 4.78 is 30.4. The summed E-state index contributed by atoms with van der Waals surface area (Å²) in [5, 5.41) is 48.7. The van der Waals surface area contributed by atoms with Crippen LogP contribution in [0.4, 0.5) is 11.4 Å². The maximum atomic E-state index is 10.8. The summed E-state index contributed by atoms with van der Waals surface area (Å²) in [5.74, 6) is -5.40. The fourth-order valence-corrected chi connectivity index (χ4v) is 1.94. The van der Waals surface area contributed by atoms with Crippen LogP contribution in [0.3, 0.4) is 0 Å². The molecule has 1 aromatic rings. The van der Waals surface area contributed by atoms with Crippen LogP contribution in [0.5, 0.6) is 17.2 Å². The third kappa shape index (κ3) is 2.18. The average Bonchev–Trinajstić information content (AvgIpc) is 2.12. The number of phenols is 3. The number of benzene rings is 1. The zero-order valence-electron chi connectivity index (χ0n) is 8.54. The molecule has 0 atom stereocenters. The standard InChI is InChI=1S/C6H4N2O10S/c9-3-1(7(12)13)4(10)6(19(16,17)18)5(11)2(3)8(14)15/h9-11H,(H,16,17,18). The van der Waals surface area contributed by atoms with Gasteiger partial charge in [0.05, 0.1) is 9.85 Å². The van der Waals surface area contributed by atoms with E-state index in [1.807, 2.05) is 0 Å². The molecule has 0 amide bonds. The van der Waals surface area contributed by atoms with Gasteiger partial charge in [-0.25, -0.2) is 0 Å². The highest BCUT2D eigenvalue weighted by atomic mass is 32.2. The van der Waals surface area contributed by atoms with E-state index in [-0.39, 0.29) is 0 Å². The molecule has 4 N–H and O–H groups in total. The summed E-state index contributed by atoms with van der Waals surface area (Å²) in [6.07, 6.45) is 0. The number of aromatic hydroxyl groups is 3. The molecule has 0 saturated carbocycles. The van der Waals surface area contributed by atoms with Gasteiger partial charge in [0.1, 0.15) is 0 Å². The van der Waals surface area contributed by atoms with Crippen molar-refractivity contribution >= 4 is 21.5 Å². The van der Waals surface area contributed by atoms with Crippen molar-refractivity contribution in [3.05, 3.63) is 20.2 Å². The quantitative estimate of drug-likeness (QED) is 0.330. The largest absolute Gasteiger partial charge is 0.501 e. The van der Waals surface area contributed by atoms with Crippen LogP contribution in [0.1, 0.15) is 0 Å². The Labute approximate surface area is 103 Å². The molecule has 19 heavy (non-hydrogen) atoms. The fourth-order valence-electron chi connectivity index (χ4n) is 1.25. The Balaban J connectivity index is 4.08. The Morgan fingerprint density at radius 3 is 1.37 bits per heavy atom. The van der Waals surface area contributed by atoms with Crippen LogP contribution < -0.4 is 0 Å². The number of nitro benzene ring substituents is 2. The second-order valence-electron chi connectivity index (χ2n) is 3.06. The van der Waals surface area contributed by atoms with Gasteiger partial charge in [-0.05, 0) is 0 Å². The summed E-state index contributed by atoms with van der Waals surface area (Å²) in [6.45, 7) is 0. The minimum Gasteiger partial charge on any atom is -0.501 e. The maximum Gasteiger partial charge on any atom is 0.361 e. The molecule has 13 heteroatoms. The van der Waals surface area contributed by atoms with Crippen molar-refractivity contribution in [3.8, 4) is 17.2 Å². The molecular formula is C6H4N2O10S. The molecule has 0 spiro atoms. The molecule has 12 nitrogen and oxygen atoms in total. The van der Waals surface area contributed by atoms with Crippen LogP contribution in [-0.4, -0.2) is 38.1 Å². The predicted octanol–water partition coefficient (Wildman–Crippen LogP) is -0.134. The summed E-state index contributed by atoms with van der Waals surface area (Å²) >= 11 is 0. The summed E-state index contributed by atoms with van der Waals surface area (Å²) in [7, 11) is -5.41. The third-order valence-corrected chi connectivity index (χ3v) is 2.85. The maximum absolute atomic E-state index is 10.8. The molecule has 1 aromatic carbocycles. The second kappa shape index (κ2) is 4.21. The van der Waals surface area contributed by atoms with Gasteiger partial charge < -0.3 is 15.3 Å². The number of nitro groups is 2. The summed E-state index contributed by atoms with van der Waals surface area (Å²) in [4.78, 5) is 16.1. The van der Waals surface area contributed by atoms with E-state index in [0.29, 0.717) is 0 Å². The molecular weight excluding hydrogens is 292 g/mol. The van der Waals surface area contributed by atoms with Gasteiger partial charge in [0.25, 0.3) is 5.75 Å². The van der Waals surface area contributed by atoms with Gasteiger partial charge in [-0.2, -0.15) is 8.42 Å². The van der Waals surface area contributed by atoms with Crippen molar-refractivity contribution in [2.75, 3.05) is 0 Å². The smallest absolute Gasteiger partial charge is 0.361 e. The van der Waals surface area contributed by atoms with E-state index in [4.69, 9.17) is 4.55 Å². The first kappa shape index (κ1) is 14.4. The Hall–Kier alpha value is -2.67. The molecule has 0 heterocycles. The number of hydrogen-bond acceptors (Lipinski definition) is 9. The number of phenolic OH excluding ortho intramolecular Hbond substituents is 3. The van der Waals surface area contributed by atoms with E-state index in [2.05, 4.69) is 0 Å². The molecule has 0 unspecified atom stereocenters. The topological polar surface area (TPSA) is 201 Å². The number of rotatable bonds is 3. The van der Waals surface area contributed by atoms with Crippen molar-refractivity contribution in [2.24, 2.45) is 0 Å². The van der Waals surface area contributed by atoms with E-state index in [1.54, 1.807) is 0 Å². The first-order chi connectivity index (χ1) is 8.50. The highest BCUT2D eigenvalue weighted by molar-refractivity contribution is 7.86. The van der Waals surface area contributed by atoms with E-state index < -0.39 is 53.5 Å². The van der Waals surface area contributed by atoms with Gasteiger partial charge in [0, 0.05) is 0 Å². The van der Waals surface area contributed by atoms with E-state index >= 15 is 0 Å². The number of nitrogens with zero attached hydrogens (tertiary/aromatic N) is 2. The van der Waals surface area contributed by atoms with Crippen molar-refractivity contribution in [1.29, 1.82) is 0 Å². The first-order valence-corrected chi connectivity index (χ1v) is 5.51. The van der Waals surface area contributed by atoms with Gasteiger partial charge in [0.2, 0.25) is 11.5 Å². The highest BCUT2D eigenvalue weighted by Crippen LogP contribution is 2.52. The average molecular weight is 296 g/mol. The van der Waals surface area contributed by atoms with Crippen LogP contribution >= 0.6 is 0 Å². The zero-order chi connectivity index (χ0) is 15.1. The monoisotopic (exact) mass is 296 g/mol. The molecule has 0 bridgehead atoms. The minimum atomic E-state index is -5.41. The predicted molar refractivity (Wildman–Crippen MR) is 54.6 cm³/mol. The van der Waals surface area contributed by atoms with Crippen LogP contribution in [0, 0.1) is 20.2 Å². The fraction of sp³-hybridized carbons (Fsp3) is 0. The lowest BCUT2D eigenvalue weighted by molar-refractivity contribution is -0.397. The molecule has 0 radical (unpaired) electrons. The summed E-state index contributed by atoms with van der Waals surface area (Å²) in [5.41, 5.74) is -3.48. The van der Waals surface area contributed by atoms with E-state index in [9.17, 15) is 44.0 Å². The third-order valence-electron chi connectivity index (χ3n) is 1.95. The molecule has 0 aliphatic heterocycles. The van der Waals surface area contributed by atoms with Gasteiger partial charge in [-0.3, -0.25) is 24.8 Å². The molecule has 0 fully saturated rings. The van der Waals surface area contributed by atoms with Crippen LogP contribution in [0.2, 0.25) is 0 Å². The SMILES string of the molecule is O=[N+]([O-])c1c(O)c([N+](=O)[O-])c(O)c(S(=O)(=O)O)c1O. The van der Waals surface area contributed by atoms with Crippen LogP contribution in [0.15, 0.2) is 4.90 Å². The minimum absolute atomic E-state index is 1.52. The van der Waals surface area contributed by atoms with Gasteiger partial charge in [-0.15, -0.1) is 0 Å². The summed E-state index contributed by atoms with van der Waals surface area (Å²) in [6, 6.07) is 0. The lowest BCUT2D eigenvalue weighted by Gasteiger charge is -2.07. The Morgan fingerprint density at radius 1 is 0.842 bits per heavy atom. The van der Waals surface area contributed by atoms with Gasteiger partial charge >= 0.3 is 21.5 Å². The van der Waals surface area contributed by atoms with E-state index in [0.717, 1.165) is 0 Å². The Bertz CT molecular complexity index is 651. The Kier molecular flexibility index (Phi) is 3.19. The lowest BCUT2D eigenvalue weighted by atomic mass is 10.2. The molecule has 0 aromatic heterocycles. The van der Waals surface area contributed by atoms with Crippen molar-refractivity contribution in [2.45, 2.75) is 4.90 Å². The van der Waals surface area contributed by atoms with Gasteiger partial charge in [0.15, 0.2) is 4.90 Å². The molecule has 0 saturated heterocycles. The first-order valence-electron chi connectivity index (χ1n) is 4.07. The molecule has 1 rings (SSSR count). The van der Waals surface area contributed by atoms with Crippen molar-refractivity contribution in [1.82, 2.24) is 0 Å².